The second-order valence-corrected chi connectivity index (χ2v) is 7.62. The quantitative estimate of drug-likeness (QED) is 0.694. The lowest BCUT2D eigenvalue weighted by atomic mass is 9.96. The van der Waals surface area contributed by atoms with Gasteiger partial charge in [-0.1, -0.05) is 12.1 Å². The Morgan fingerprint density at radius 2 is 2.10 bits per heavy atom. The van der Waals surface area contributed by atoms with E-state index in [-0.39, 0.29) is 29.7 Å². The van der Waals surface area contributed by atoms with Gasteiger partial charge in [-0.05, 0) is 25.0 Å². The molecule has 0 spiro atoms. The molecule has 0 aliphatic carbocycles. The first-order chi connectivity index (χ1) is 14.1. The first kappa shape index (κ1) is 19.3. The van der Waals surface area contributed by atoms with Crippen molar-refractivity contribution >= 4 is 17.2 Å². The number of benzene rings is 1. The van der Waals surface area contributed by atoms with E-state index in [2.05, 4.69) is 15.0 Å². The Morgan fingerprint density at radius 3 is 2.83 bits per heavy atom. The van der Waals surface area contributed by atoms with Gasteiger partial charge in [0.15, 0.2) is 18.2 Å². The van der Waals surface area contributed by atoms with Crippen molar-refractivity contribution in [3.8, 4) is 16.5 Å². The van der Waals surface area contributed by atoms with Crippen LogP contribution in [0, 0.1) is 5.82 Å². The molecule has 3 heterocycles. The predicted molar refractivity (Wildman–Crippen MR) is 106 cm³/mol. The summed E-state index contributed by atoms with van der Waals surface area (Å²) in [7, 11) is 0. The minimum Gasteiger partial charge on any atom is -0.481 e. The van der Waals surface area contributed by atoms with E-state index in [1.165, 1.54) is 29.5 Å². The van der Waals surface area contributed by atoms with Crippen LogP contribution in [0.2, 0.25) is 0 Å². The molecule has 1 fully saturated rings. The number of rotatable bonds is 5. The largest absolute Gasteiger partial charge is 0.481 e. The van der Waals surface area contributed by atoms with Gasteiger partial charge in [-0.2, -0.15) is 0 Å². The maximum Gasteiger partial charge on any atom is 0.260 e. The Kier molecular flexibility index (Phi) is 5.66. The van der Waals surface area contributed by atoms with Crippen molar-refractivity contribution in [2.45, 2.75) is 18.8 Å². The molecule has 4 rings (SSSR count). The standard InChI is InChI=1S/C20H19FN4O3S/c21-14-3-1-2-4-16(14)28-12-18(27)25-8-5-13(6-9-25)19-23-15(11-17(26)24-19)20-22-7-10-29-20/h1-4,7,10-11,13H,5-6,8-9,12H2,(H,23,24,26). The molecule has 0 saturated carbocycles. The number of hydrogen-bond donors (Lipinski definition) is 1. The number of H-pyrrole nitrogens is 1. The van der Waals surface area contributed by atoms with Gasteiger partial charge >= 0.3 is 0 Å². The van der Waals surface area contributed by atoms with Crippen molar-refractivity contribution in [1.82, 2.24) is 19.9 Å². The van der Waals surface area contributed by atoms with Crippen LogP contribution in [0.1, 0.15) is 24.6 Å². The minimum atomic E-state index is -0.492. The van der Waals surface area contributed by atoms with E-state index < -0.39 is 5.82 Å². The summed E-state index contributed by atoms with van der Waals surface area (Å²) in [4.78, 5) is 37.7. The van der Waals surface area contributed by atoms with Crippen molar-refractivity contribution in [1.29, 1.82) is 0 Å². The molecule has 0 unspecified atom stereocenters. The van der Waals surface area contributed by atoms with Gasteiger partial charge in [0.25, 0.3) is 11.5 Å². The number of ether oxygens (including phenoxy) is 1. The van der Waals surface area contributed by atoms with Gasteiger partial charge in [0.05, 0.1) is 0 Å². The maximum atomic E-state index is 13.6. The van der Waals surface area contributed by atoms with Gasteiger partial charge in [0.2, 0.25) is 0 Å². The molecule has 3 aromatic rings. The van der Waals surface area contributed by atoms with Gasteiger partial charge in [-0.3, -0.25) is 9.59 Å². The number of aromatic nitrogens is 3. The lowest BCUT2D eigenvalue weighted by Gasteiger charge is -2.31. The summed E-state index contributed by atoms with van der Waals surface area (Å²) in [6.07, 6.45) is 3.03. The third kappa shape index (κ3) is 4.51. The smallest absolute Gasteiger partial charge is 0.260 e. The van der Waals surface area contributed by atoms with Crippen LogP contribution in [-0.2, 0) is 4.79 Å². The molecule has 29 heavy (non-hydrogen) atoms. The Hall–Kier alpha value is -3.07. The topological polar surface area (TPSA) is 88.2 Å². The highest BCUT2D eigenvalue weighted by molar-refractivity contribution is 7.13. The molecular formula is C20H19FN4O3S. The third-order valence-corrected chi connectivity index (χ3v) is 5.63. The maximum absolute atomic E-state index is 13.6. The van der Waals surface area contributed by atoms with Crippen molar-refractivity contribution in [2.24, 2.45) is 0 Å². The zero-order valence-corrected chi connectivity index (χ0v) is 16.3. The van der Waals surface area contributed by atoms with Crippen LogP contribution < -0.4 is 10.3 Å². The van der Waals surface area contributed by atoms with Gasteiger partial charge < -0.3 is 14.6 Å². The molecule has 0 bridgehead atoms. The van der Waals surface area contributed by atoms with E-state index in [1.54, 1.807) is 23.2 Å². The highest BCUT2D eigenvalue weighted by Gasteiger charge is 2.26. The first-order valence-electron chi connectivity index (χ1n) is 9.26. The average molecular weight is 414 g/mol. The Labute approximate surface area is 170 Å². The molecular weight excluding hydrogens is 395 g/mol. The number of carbonyl (C=O) groups excluding carboxylic acids is 1. The molecule has 7 nitrogen and oxygen atoms in total. The van der Waals surface area contributed by atoms with E-state index in [1.807, 2.05) is 5.38 Å². The molecule has 150 valence electrons. The molecule has 1 amide bonds. The SMILES string of the molecule is O=C(COc1ccccc1F)N1CCC(c2nc(-c3nccs3)cc(=O)[nH]2)CC1. The summed E-state index contributed by atoms with van der Waals surface area (Å²) in [5.74, 6) is 0.0620. The molecule has 2 aromatic heterocycles. The summed E-state index contributed by atoms with van der Waals surface area (Å²) < 4.78 is 18.9. The summed E-state index contributed by atoms with van der Waals surface area (Å²) in [5, 5.41) is 2.54. The zero-order valence-electron chi connectivity index (χ0n) is 15.5. The number of thiazole rings is 1. The van der Waals surface area contributed by atoms with E-state index in [4.69, 9.17) is 4.74 Å². The van der Waals surface area contributed by atoms with E-state index in [9.17, 15) is 14.0 Å². The zero-order chi connectivity index (χ0) is 20.2. The van der Waals surface area contributed by atoms with Gasteiger partial charge in [-0.15, -0.1) is 11.3 Å². The summed E-state index contributed by atoms with van der Waals surface area (Å²) in [5.41, 5.74) is 0.354. The highest BCUT2D eigenvalue weighted by Crippen LogP contribution is 2.27. The minimum absolute atomic E-state index is 0.0548. The van der Waals surface area contributed by atoms with Crippen LogP contribution >= 0.6 is 11.3 Å². The van der Waals surface area contributed by atoms with Crippen molar-refractivity contribution < 1.29 is 13.9 Å². The number of hydrogen-bond acceptors (Lipinski definition) is 6. The summed E-state index contributed by atoms with van der Waals surface area (Å²) >= 11 is 1.43. The number of likely N-dealkylation sites (tertiary alicyclic amines) is 1. The number of piperidine rings is 1. The lowest BCUT2D eigenvalue weighted by Crippen LogP contribution is -2.41. The van der Waals surface area contributed by atoms with Crippen LogP contribution in [0.5, 0.6) is 5.75 Å². The van der Waals surface area contributed by atoms with Crippen molar-refractivity contribution in [3.05, 3.63) is 63.9 Å². The average Bonchev–Trinajstić information content (AvgIpc) is 3.28. The van der Waals surface area contributed by atoms with Crippen LogP contribution in [-0.4, -0.2) is 45.5 Å². The highest BCUT2D eigenvalue weighted by atomic mass is 32.1. The number of nitrogens with one attached hydrogen (secondary N) is 1. The summed E-state index contributed by atoms with van der Waals surface area (Å²) in [6.45, 7) is 0.838. The molecule has 1 saturated heterocycles. The molecule has 0 radical (unpaired) electrons. The first-order valence-corrected chi connectivity index (χ1v) is 10.1. The number of aromatic amines is 1. The Morgan fingerprint density at radius 1 is 1.31 bits per heavy atom. The second kappa shape index (κ2) is 8.52. The monoisotopic (exact) mass is 414 g/mol. The van der Waals surface area contributed by atoms with E-state index in [0.29, 0.717) is 42.5 Å². The molecule has 0 atom stereocenters. The fourth-order valence-corrected chi connectivity index (χ4v) is 3.92. The van der Waals surface area contributed by atoms with Gasteiger partial charge in [0.1, 0.15) is 16.5 Å². The third-order valence-electron chi connectivity index (χ3n) is 4.83. The molecule has 9 heteroatoms. The van der Waals surface area contributed by atoms with Crippen molar-refractivity contribution in [3.63, 3.8) is 0 Å². The normalized spacial score (nSPS) is 14.7. The van der Waals surface area contributed by atoms with E-state index >= 15 is 0 Å². The predicted octanol–water partition coefficient (Wildman–Crippen LogP) is 2.82. The Bertz CT molecular complexity index is 1050. The van der Waals surface area contributed by atoms with Gasteiger partial charge in [0, 0.05) is 36.7 Å². The Balaban J connectivity index is 1.36. The number of nitrogens with zero attached hydrogens (tertiary/aromatic N) is 3. The van der Waals surface area contributed by atoms with Crippen LogP contribution in [0.25, 0.3) is 10.7 Å². The second-order valence-electron chi connectivity index (χ2n) is 6.73. The number of carbonyl (C=O) groups is 1. The lowest BCUT2D eigenvalue weighted by molar-refractivity contribution is -0.134. The van der Waals surface area contributed by atoms with Crippen LogP contribution in [0.4, 0.5) is 4.39 Å². The van der Waals surface area contributed by atoms with E-state index in [0.717, 1.165) is 0 Å². The van der Waals surface area contributed by atoms with Crippen molar-refractivity contribution in [2.75, 3.05) is 19.7 Å². The molecule has 1 N–H and O–H groups in total. The molecule has 1 aliphatic rings. The summed E-state index contributed by atoms with van der Waals surface area (Å²) in [6, 6.07) is 7.45. The fraction of sp³-hybridized carbons (Fsp3) is 0.300. The number of halogens is 1. The molecule has 1 aromatic carbocycles. The fourth-order valence-electron chi connectivity index (χ4n) is 3.32. The van der Waals surface area contributed by atoms with Gasteiger partial charge in [-0.25, -0.2) is 14.4 Å². The van der Waals surface area contributed by atoms with Crippen LogP contribution in [0.15, 0.2) is 46.7 Å². The van der Waals surface area contributed by atoms with Crippen LogP contribution in [0.3, 0.4) is 0 Å². The number of para-hydroxylation sites is 1. The molecule has 1 aliphatic heterocycles. The number of amides is 1.